The molecule has 1 heterocycles. The van der Waals surface area contributed by atoms with Crippen molar-refractivity contribution >= 4 is 26.9 Å². The Balaban J connectivity index is 2.13. The Labute approximate surface area is 124 Å². The van der Waals surface area contributed by atoms with Gasteiger partial charge < -0.3 is 9.52 Å². The highest BCUT2D eigenvalue weighted by Crippen LogP contribution is 2.34. The summed E-state index contributed by atoms with van der Waals surface area (Å²) >= 11 is 3.35. The van der Waals surface area contributed by atoms with Gasteiger partial charge in [0.15, 0.2) is 11.4 Å². The summed E-state index contributed by atoms with van der Waals surface area (Å²) in [6.45, 7) is 1.63. The lowest BCUT2D eigenvalue weighted by atomic mass is 9.93. The van der Waals surface area contributed by atoms with Crippen LogP contribution in [0.4, 0.5) is 4.39 Å². The lowest BCUT2D eigenvalue weighted by molar-refractivity contribution is 0.0784. The summed E-state index contributed by atoms with van der Waals surface area (Å²) in [5, 5.41) is 11.3. The third-order valence-corrected chi connectivity index (χ3v) is 3.91. The van der Waals surface area contributed by atoms with Crippen LogP contribution < -0.4 is 0 Å². The van der Waals surface area contributed by atoms with Crippen LogP contribution in [-0.2, 0) is 5.60 Å². The molecule has 0 radical (unpaired) electrons. The van der Waals surface area contributed by atoms with Crippen LogP contribution in [0, 0.1) is 5.82 Å². The second-order valence-electron chi connectivity index (χ2n) is 4.85. The van der Waals surface area contributed by atoms with E-state index in [-0.39, 0.29) is 5.58 Å². The number of fused-ring (bicyclic) bond motifs is 1. The van der Waals surface area contributed by atoms with Gasteiger partial charge in [-0.15, -0.1) is 0 Å². The van der Waals surface area contributed by atoms with Gasteiger partial charge in [0.05, 0.1) is 0 Å². The molecule has 2 nitrogen and oxygen atoms in total. The van der Waals surface area contributed by atoms with E-state index in [1.165, 1.54) is 6.07 Å². The van der Waals surface area contributed by atoms with Crippen LogP contribution in [0.25, 0.3) is 11.0 Å². The second-order valence-corrected chi connectivity index (χ2v) is 5.76. The van der Waals surface area contributed by atoms with Crippen molar-refractivity contribution in [3.63, 3.8) is 0 Å². The molecule has 20 heavy (non-hydrogen) atoms. The summed E-state index contributed by atoms with van der Waals surface area (Å²) in [7, 11) is 0. The van der Waals surface area contributed by atoms with Crippen LogP contribution in [0.5, 0.6) is 0 Å². The predicted octanol–water partition coefficient (Wildman–Crippen LogP) is 4.59. The van der Waals surface area contributed by atoms with Gasteiger partial charge in [0.2, 0.25) is 0 Å². The van der Waals surface area contributed by atoms with Gasteiger partial charge in [-0.3, -0.25) is 0 Å². The molecule has 0 amide bonds. The van der Waals surface area contributed by atoms with Gasteiger partial charge in [-0.25, -0.2) is 4.39 Å². The van der Waals surface area contributed by atoms with Crippen LogP contribution in [0.15, 0.2) is 57.4 Å². The van der Waals surface area contributed by atoms with E-state index < -0.39 is 11.4 Å². The molecule has 0 fully saturated rings. The maximum Gasteiger partial charge on any atom is 0.170 e. The van der Waals surface area contributed by atoms with Crippen LogP contribution in [0.3, 0.4) is 0 Å². The van der Waals surface area contributed by atoms with Crippen molar-refractivity contribution in [2.24, 2.45) is 0 Å². The molecule has 1 aromatic heterocycles. The first-order chi connectivity index (χ1) is 9.48. The maximum absolute atomic E-state index is 13.7. The van der Waals surface area contributed by atoms with E-state index in [0.29, 0.717) is 16.7 Å². The van der Waals surface area contributed by atoms with Crippen LogP contribution in [-0.4, -0.2) is 5.11 Å². The molecule has 1 N–H and O–H groups in total. The maximum atomic E-state index is 13.7. The van der Waals surface area contributed by atoms with Gasteiger partial charge in [-0.05, 0) is 36.8 Å². The van der Waals surface area contributed by atoms with Gasteiger partial charge >= 0.3 is 0 Å². The standard InChI is InChI=1S/C16H12BrFO2/c1-16(19,11-5-7-12(17)8-6-11)14-9-10-3-2-4-13(18)15(10)20-14/h2-9,19H,1H3. The fourth-order valence-corrected chi connectivity index (χ4v) is 2.45. The highest BCUT2D eigenvalue weighted by Gasteiger charge is 2.30. The van der Waals surface area contributed by atoms with E-state index in [4.69, 9.17) is 4.42 Å². The Morgan fingerprint density at radius 2 is 1.85 bits per heavy atom. The highest BCUT2D eigenvalue weighted by atomic mass is 79.9. The molecular weight excluding hydrogens is 323 g/mol. The number of hydrogen-bond donors (Lipinski definition) is 1. The number of hydrogen-bond acceptors (Lipinski definition) is 2. The number of rotatable bonds is 2. The zero-order chi connectivity index (χ0) is 14.3. The first-order valence-electron chi connectivity index (χ1n) is 6.15. The topological polar surface area (TPSA) is 33.4 Å². The Kier molecular flexibility index (Phi) is 3.15. The highest BCUT2D eigenvalue weighted by molar-refractivity contribution is 9.10. The van der Waals surface area contributed by atoms with Crippen molar-refractivity contribution in [3.8, 4) is 0 Å². The zero-order valence-corrected chi connectivity index (χ0v) is 12.3. The molecule has 0 bridgehead atoms. The first-order valence-corrected chi connectivity index (χ1v) is 6.95. The number of halogens is 2. The van der Waals surface area contributed by atoms with E-state index in [0.717, 1.165) is 4.47 Å². The average molecular weight is 335 g/mol. The number of furan rings is 1. The van der Waals surface area contributed by atoms with E-state index in [1.807, 2.05) is 12.1 Å². The molecule has 3 rings (SSSR count). The minimum atomic E-state index is -1.31. The number of para-hydroxylation sites is 1. The summed E-state index contributed by atoms with van der Waals surface area (Å²) in [6, 6.07) is 13.7. The summed E-state index contributed by atoms with van der Waals surface area (Å²) in [5.74, 6) is -0.111. The van der Waals surface area contributed by atoms with E-state index >= 15 is 0 Å². The minimum absolute atomic E-state index is 0.167. The van der Waals surface area contributed by atoms with E-state index in [2.05, 4.69) is 15.9 Å². The minimum Gasteiger partial charge on any atom is -0.455 e. The third-order valence-electron chi connectivity index (χ3n) is 3.38. The van der Waals surface area contributed by atoms with Crippen LogP contribution in [0.2, 0.25) is 0 Å². The Hall–Kier alpha value is -1.65. The molecule has 1 atom stereocenters. The number of benzene rings is 2. The molecule has 0 aliphatic heterocycles. The van der Waals surface area contributed by atoms with E-state index in [9.17, 15) is 9.50 Å². The molecule has 4 heteroatoms. The van der Waals surface area contributed by atoms with Crippen LogP contribution >= 0.6 is 15.9 Å². The predicted molar refractivity (Wildman–Crippen MR) is 79.0 cm³/mol. The fraction of sp³-hybridized carbons (Fsp3) is 0.125. The normalized spacial score (nSPS) is 14.4. The lowest BCUT2D eigenvalue weighted by Crippen LogP contribution is -2.21. The third kappa shape index (κ3) is 2.15. The Morgan fingerprint density at radius 3 is 2.50 bits per heavy atom. The quantitative estimate of drug-likeness (QED) is 0.743. The molecular formula is C16H12BrFO2. The molecule has 1 unspecified atom stereocenters. The van der Waals surface area contributed by atoms with Crippen molar-refractivity contribution in [2.75, 3.05) is 0 Å². The second kappa shape index (κ2) is 4.72. The van der Waals surface area contributed by atoms with Crippen molar-refractivity contribution in [2.45, 2.75) is 12.5 Å². The average Bonchev–Trinajstić information content (AvgIpc) is 2.85. The number of aliphatic hydroxyl groups is 1. The van der Waals surface area contributed by atoms with Gasteiger partial charge in [0.25, 0.3) is 0 Å². The largest absolute Gasteiger partial charge is 0.455 e. The molecule has 102 valence electrons. The summed E-state index contributed by atoms with van der Waals surface area (Å²) in [6.07, 6.45) is 0. The first kappa shape index (κ1) is 13.3. The molecule has 0 saturated heterocycles. The molecule has 2 aromatic carbocycles. The van der Waals surface area contributed by atoms with Crippen LogP contribution in [0.1, 0.15) is 18.2 Å². The lowest BCUT2D eigenvalue weighted by Gasteiger charge is -2.21. The van der Waals surface area contributed by atoms with E-state index in [1.54, 1.807) is 37.3 Å². The van der Waals surface area contributed by atoms with Gasteiger partial charge in [-0.2, -0.15) is 0 Å². The Bertz CT molecular complexity index is 760. The molecule has 3 aromatic rings. The molecule has 0 aliphatic rings. The summed E-state index contributed by atoms with van der Waals surface area (Å²) in [5.41, 5.74) is -0.466. The van der Waals surface area contributed by atoms with Gasteiger partial charge in [0, 0.05) is 9.86 Å². The summed E-state index contributed by atoms with van der Waals surface area (Å²) in [4.78, 5) is 0. The van der Waals surface area contributed by atoms with Crippen molar-refractivity contribution in [1.82, 2.24) is 0 Å². The fourth-order valence-electron chi connectivity index (χ4n) is 2.18. The Morgan fingerprint density at radius 1 is 1.15 bits per heavy atom. The van der Waals surface area contributed by atoms with Crippen molar-refractivity contribution in [3.05, 3.63) is 70.1 Å². The van der Waals surface area contributed by atoms with Crippen molar-refractivity contribution in [1.29, 1.82) is 0 Å². The SMILES string of the molecule is CC(O)(c1ccc(Br)cc1)c1cc2cccc(F)c2o1. The summed E-state index contributed by atoms with van der Waals surface area (Å²) < 4.78 is 20.1. The van der Waals surface area contributed by atoms with Gasteiger partial charge in [-0.1, -0.05) is 40.2 Å². The monoisotopic (exact) mass is 334 g/mol. The van der Waals surface area contributed by atoms with Crippen molar-refractivity contribution < 1.29 is 13.9 Å². The smallest absolute Gasteiger partial charge is 0.170 e. The zero-order valence-electron chi connectivity index (χ0n) is 10.7. The molecule has 0 spiro atoms. The van der Waals surface area contributed by atoms with Gasteiger partial charge in [0.1, 0.15) is 11.4 Å². The molecule has 0 saturated carbocycles. The molecule has 0 aliphatic carbocycles.